The van der Waals surface area contributed by atoms with E-state index in [4.69, 9.17) is 0 Å². The summed E-state index contributed by atoms with van der Waals surface area (Å²) in [6, 6.07) is 0.321. The molecule has 0 bridgehead atoms. The molecular weight excluding hydrogens is 240 g/mol. The molecule has 4 nitrogen and oxygen atoms in total. The quantitative estimate of drug-likeness (QED) is 0.818. The molecule has 19 heavy (non-hydrogen) atoms. The normalized spacial score (nSPS) is 36.3. The third-order valence-corrected chi connectivity index (χ3v) is 4.49. The van der Waals surface area contributed by atoms with Crippen LogP contribution in [0.15, 0.2) is 0 Å². The van der Waals surface area contributed by atoms with Crippen molar-refractivity contribution in [1.29, 1.82) is 0 Å². The smallest absolute Gasteiger partial charge is 0.241 e. The number of amides is 1. The number of rotatable bonds is 4. The average Bonchev–Trinajstić information content (AvgIpc) is 2.69. The number of aliphatic hydroxyl groups excluding tert-OH is 1. The second-order valence-electron chi connectivity index (χ2n) is 6.40. The molecule has 0 aromatic heterocycles. The molecule has 0 radical (unpaired) electrons. The van der Waals surface area contributed by atoms with E-state index in [9.17, 15) is 9.90 Å². The van der Waals surface area contributed by atoms with E-state index in [0.717, 1.165) is 38.5 Å². The largest absolute Gasteiger partial charge is 0.393 e. The fourth-order valence-corrected chi connectivity index (χ4v) is 3.43. The SMILES string of the molecule is CCCC1NC(C(C)C)N(C2CCC(O)CC2)C1=O. The molecule has 2 rings (SSSR count). The minimum Gasteiger partial charge on any atom is -0.393 e. The Morgan fingerprint density at radius 2 is 1.95 bits per heavy atom. The number of carbonyl (C=O) groups excluding carboxylic acids is 1. The molecule has 1 aliphatic carbocycles. The zero-order valence-electron chi connectivity index (χ0n) is 12.4. The molecule has 0 aromatic carbocycles. The van der Waals surface area contributed by atoms with E-state index in [2.05, 4.69) is 31.0 Å². The number of hydrogen-bond acceptors (Lipinski definition) is 3. The van der Waals surface area contributed by atoms with Crippen LogP contribution in [-0.4, -0.2) is 40.3 Å². The number of nitrogens with one attached hydrogen (secondary N) is 1. The molecule has 1 saturated carbocycles. The first-order chi connectivity index (χ1) is 9.04. The van der Waals surface area contributed by atoms with Crippen LogP contribution in [0.25, 0.3) is 0 Å². The van der Waals surface area contributed by atoms with Crippen LogP contribution in [0.4, 0.5) is 0 Å². The summed E-state index contributed by atoms with van der Waals surface area (Å²) >= 11 is 0. The average molecular weight is 268 g/mol. The monoisotopic (exact) mass is 268 g/mol. The first kappa shape index (κ1) is 14.8. The molecule has 0 aromatic rings. The molecule has 1 amide bonds. The van der Waals surface area contributed by atoms with Crippen LogP contribution in [0.1, 0.15) is 59.3 Å². The Labute approximate surface area is 116 Å². The Bertz CT molecular complexity index is 311. The van der Waals surface area contributed by atoms with Crippen LogP contribution < -0.4 is 5.32 Å². The van der Waals surface area contributed by atoms with Gasteiger partial charge in [-0.2, -0.15) is 0 Å². The lowest BCUT2D eigenvalue weighted by Crippen LogP contribution is -2.48. The van der Waals surface area contributed by atoms with Crippen molar-refractivity contribution >= 4 is 5.91 Å². The molecular formula is C15H28N2O2. The molecule has 1 aliphatic heterocycles. The number of hydrogen-bond donors (Lipinski definition) is 2. The third-order valence-electron chi connectivity index (χ3n) is 4.49. The van der Waals surface area contributed by atoms with E-state index >= 15 is 0 Å². The Hall–Kier alpha value is -0.610. The van der Waals surface area contributed by atoms with Crippen molar-refractivity contribution in [3.8, 4) is 0 Å². The maximum atomic E-state index is 12.6. The van der Waals surface area contributed by atoms with Crippen LogP contribution in [0.3, 0.4) is 0 Å². The van der Waals surface area contributed by atoms with Crippen molar-refractivity contribution in [3.63, 3.8) is 0 Å². The fraction of sp³-hybridized carbons (Fsp3) is 0.933. The standard InChI is InChI=1S/C15H28N2O2/c1-4-5-13-15(19)17(14(16-13)10(2)3)11-6-8-12(18)9-7-11/h10-14,16,18H,4-9H2,1-3H3. The summed E-state index contributed by atoms with van der Waals surface area (Å²) in [7, 11) is 0. The minimum absolute atomic E-state index is 0.00394. The van der Waals surface area contributed by atoms with Gasteiger partial charge in [-0.1, -0.05) is 27.2 Å². The summed E-state index contributed by atoms with van der Waals surface area (Å²) in [5, 5.41) is 13.1. The van der Waals surface area contributed by atoms with Crippen LogP contribution in [-0.2, 0) is 4.79 Å². The van der Waals surface area contributed by atoms with Crippen LogP contribution in [0.5, 0.6) is 0 Å². The first-order valence-corrected chi connectivity index (χ1v) is 7.80. The maximum absolute atomic E-state index is 12.6. The summed E-state index contributed by atoms with van der Waals surface area (Å²) in [6.45, 7) is 6.47. The van der Waals surface area contributed by atoms with Gasteiger partial charge in [-0.25, -0.2) is 0 Å². The fourth-order valence-electron chi connectivity index (χ4n) is 3.43. The molecule has 1 heterocycles. The van der Waals surface area contributed by atoms with Gasteiger partial charge in [0.1, 0.15) is 0 Å². The second-order valence-corrected chi connectivity index (χ2v) is 6.40. The topological polar surface area (TPSA) is 52.6 Å². The Balaban J connectivity index is 2.08. The van der Waals surface area contributed by atoms with Gasteiger partial charge in [-0.15, -0.1) is 0 Å². The van der Waals surface area contributed by atoms with Gasteiger partial charge in [0.15, 0.2) is 0 Å². The van der Waals surface area contributed by atoms with E-state index in [1.165, 1.54) is 0 Å². The lowest BCUT2D eigenvalue weighted by molar-refractivity contribution is -0.134. The van der Waals surface area contributed by atoms with Gasteiger partial charge in [0, 0.05) is 6.04 Å². The van der Waals surface area contributed by atoms with Gasteiger partial charge in [-0.3, -0.25) is 10.1 Å². The molecule has 4 heteroatoms. The molecule has 2 aliphatic rings. The van der Waals surface area contributed by atoms with Gasteiger partial charge in [0.2, 0.25) is 5.91 Å². The van der Waals surface area contributed by atoms with Crippen molar-refractivity contribution in [3.05, 3.63) is 0 Å². The van der Waals surface area contributed by atoms with Crippen molar-refractivity contribution in [2.45, 2.75) is 83.6 Å². The molecule has 110 valence electrons. The second kappa shape index (κ2) is 6.23. The predicted octanol–water partition coefficient (Wildman–Crippen LogP) is 1.87. The summed E-state index contributed by atoms with van der Waals surface area (Å²) < 4.78 is 0. The number of nitrogens with zero attached hydrogens (tertiary/aromatic N) is 1. The molecule has 1 saturated heterocycles. The highest BCUT2D eigenvalue weighted by atomic mass is 16.3. The Kier molecular flexibility index (Phi) is 4.85. The van der Waals surface area contributed by atoms with Gasteiger partial charge in [0.05, 0.1) is 18.3 Å². The van der Waals surface area contributed by atoms with Crippen LogP contribution in [0.2, 0.25) is 0 Å². The lowest BCUT2D eigenvalue weighted by atomic mass is 9.91. The van der Waals surface area contributed by atoms with Gasteiger partial charge in [-0.05, 0) is 38.0 Å². The van der Waals surface area contributed by atoms with Crippen molar-refractivity contribution in [2.24, 2.45) is 5.92 Å². The van der Waals surface area contributed by atoms with E-state index in [1.807, 2.05) is 0 Å². The molecule has 2 atom stereocenters. The summed E-state index contributed by atoms with van der Waals surface area (Å²) in [6.07, 6.45) is 5.51. The predicted molar refractivity (Wildman–Crippen MR) is 75.6 cm³/mol. The van der Waals surface area contributed by atoms with Gasteiger partial charge < -0.3 is 10.0 Å². The summed E-state index contributed by atoms with van der Waals surface area (Å²) in [5.41, 5.74) is 0. The zero-order chi connectivity index (χ0) is 14.0. The number of aliphatic hydroxyl groups is 1. The molecule has 2 fully saturated rings. The van der Waals surface area contributed by atoms with Crippen molar-refractivity contribution < 1.29 is 9.90 Å². The Morgan fingerprint density at radius 3 is 2.47 bits per heavy atom. The van der Waals surface area contributed by atoms with Crippen molar-refractivity contribution in [2.75, 3.05) is 0 Å². The molecule has 2 unspecified atom stereocenters. The lowest BCUT2D eigenvalue weighted by Gasteiger charge is -2.38. The molecule has 2 N–H and O–H groups in total. The Morgan fingerprint density at radius 1 is 1.32 bits per heavy atom. The maximum Gasteiger partial charge on any atom is 0.241 e. The van der Waals surface area contributed by atoms with Crippen LogP contribution in [0, 0.1) is 5.92 Å². The highest BCUT2D eigenvalue weighted by molar-refractivity contribution is 5.84. The van der Waals surface area contributed by atoms with E-state index in [0.29, 0.717) is 12.0 Å². The molecule has 0 spiro atoms. The minimum atomic E-state index is -0.161. The highest BCUT2D eigenvalue weighted by Crippen LogP contribution is 2.30. The van der Waals surface area contributed by atoms with E-state index in [-0.39, 0.29) is 24.2 Å². The summed E-state index contributed by atoms with van der Waals surface area (Å²) in [4.78, 5) is 14.7. The van der Waals surface area contributed by atoms with E-state index in [1.54, 1.807) is 0 Å². The van der Waals surface area contributed by atoms with Crippen molar-refractivity contribution in [1.82, 2.24) is 10.2 Å². The number of carbonyl (C=O) groups is 1. The zero-order valence-corrected chi connectivity index (χ0v) is 12.4. The summed E-state index contributed by atoms with van der Waals surface area (Å²) in [5.74, 6) is 0.708. The van der Waals surface area contributed by atoms with Gasteiger partial charge >= 0.3 is 0 Å². The first-order valence-electron chi connectivity index (χ1n) is 7.80. The van der Waals surface area contributed by atoms with Gasteiger partial charge in [0.25, 0.3) is 0 Å². The van der Waals surface area contributed by atoms with E-state index < -0.39 is 0 Å². The highest BCUT2D eigenvalue weighted by Gasteiger charge is 2.43. The van der Waals surface area contributed by atoms with Crippen LogP contribution >= 0.6 is 0 Å². The third kappa shape index (κ3) is 3.11.